The number of para-hydroxylation sites is 2. The molecule has 3 rings (SSSR count). The molecule has 0 fully saturated rings. The van der Waals surface area contributed by atoms with E-state index in [0.717, 1.165) is 11.3 Å². The molecule has 9 heteroatoms. The lowest BCUT2D eigenvalue weighted by atomic mass is 10.1. The van der Waals surface area contributed by atoms with Crippen molar-refractivity contribution in [3.63, 3.8) is 0 Å². The van der Waals surface area contributed by atoms with Crippen LogP contribution in [0.3, 0.4) is 0 Å². The zero-order valence-corrected chi connectivity index (χ0v) is 16.3. The molecule has 0 atom stereocenters. The van der Waals surface area contributed by atoms with Gasteiger partial charge in [0.05, 0.1) is 24.3 Å². The summed E-state index contributed by atoms with van der Waals surface area (Å²) in [7, 11) is 1.56. The van der Waals surface area contributed by atoms with Gasteiger partial charge in [-0.2, -0.15) is 10.1 Å². The Kier molecular flexibility index (Phi) is 6.64. The first kappa shape index (κ1) is 19.4. The maximum atomic E-state index is 12.1. The molecular weight excluding hydrogens is 376 g/mol. The predicted molar refractivity (Wildman–Crippen MR) is 111 cm³/mol. The van der Waals surface area contributed by atoms with Gasteiger partial charge in [0.15, 0.2) is 0 Å². The summed E-state index contributed by atoms with van der Waals surface area (Å²) < 4.78 is 5.22. The number of carbonyl (C=O) groups is 1. The van der Waals surface area contributed by atoms with Gasteiger partial charge < -0.3 is 10.1 Å². The topological polar surface area (TPSA) is 104 Å². The Morgan fingerprint density at radius 2 is 1.93 bits per heavy atom. The summed E-state index contributed by atoms with van der Waals surface area (Å²) in [5.41, 5.74) is 5.29. The summed E-state index contributed by atoms with van der Waals surface area (Å²) in [6.45, 7) is 1.90. The molecule has 0 bridgehead atoms. The van der Waals surface area contributed by atoms with Crippen LogP contribution in [0.4, 0.5) is 11.6 Å². The third-order valence-corrected chi connectivity index (χ3v) is 4.55. The van der Waals surface area contributed by atoms with E-state index in [9.17, 15) is 4.79 Å². The first-order chi connectivity index (χ1) is 13.7. The van der Waals surface area contributed by atoms with Crippen molar-refractivity contribution >= 4 is 35.0 Å². The number of rotatable bonds is 8. The quantitative estimate of drug-likeness (QED) is 0.306. The molecule has 0 aliphatic carbocycles. The molecule has 3 N–H and O–H groups in total. The lowest BCUT2D eigenvalue weighted by molar-refractivity contribution is -0.113. The summed E-state index contributed by atoms with van der Waals surface area (Å²) in [5.74, 6) is 1.01. The number of hydrazone groups is 1. The fourth-order valence-electron chi connectivity index (χ4n) is 2.31. The zero-order chi connectivity index (χ0) is 19.8. The van der Waals surface area contributed by atoms with Gasteiger partial charge in [0.2, 0.25) is 17.0 Å². The number of aromatic amines is 1. The third kappa shape index (κ3) is 5.34. The average Bonchev–Trinajstić information content (AvgIpc) is 3.19. The molecule has 0 aliphatic heterocycles. The standard InChI is InChI=1S/C19H20N6O2S/c1-13(14-8-4-3-5-9-14)22-23-18-21-19(25-24-18)28-12-17(26)20-15-10-6-7-11-16(15)27-2/h3-11H,12H2,1-2H3,(H,20,26)(H2,21,23,24,25)/b22-13+. The first-order valence-corrected chi connectivity index (χ1v) is 9.48. The van der Waals surface area contributed by atoms with Gasteiger partial charge >= 0.3 is 0 Å². The Labute approximate surface area is 166 Å². The maximum Gasteiger partial charge on any atom is 0.240 e. The number of hydrogen-bond donors (Lipinski definition) is 3. The summed E-state index contributed by atoms with van der Waals surface area (Å²) in [6.07, 6.45) is 0. The molecule has 0 saturated carbocycles. The van der Waals surface area contributed by atoms with E-state index < -0.39 is 0 Å². The Morgan fingerprint density at radius 3 is 2.71 bits per heavy atom. The molecule has 0 saturated heterocycles. The van der Waals surface area contributed by atoms with Crippen LogP contribution >= 0.6 is 11.8 Å². The smallest absolute Gasteiger partial charge is 0.240 e. The minimum atomic E-state index is -0.174. The van der Waals surface area contributed by atoms with E-state index >= 15 is 0 Å². The Hall–Kier alpha value is -3.33. The van der Waals surface area contributed by atoms with E-state index in [1.54, 1.807) is 19.2 Å². The lowest BCUT2D eigenvalue weighted by Crippen LogP contribution is -2.14. The largest absolute Gasteiger partial charge is 0.495 e. The van der Waals surface area contributed by atoms with Crippen LogP contribution in [0.15, 0.2) is 64.9 Å². The van der Waals surface area contributed by atoms with E-state index in [-0.39, 0.29) is 11.7 Å². The van der Waals surface area contributed by atoms with Crippen LogP contribution in [-0.2, 0) is 4.79 Å². The second kappa shape index (κ2) is 9.56. The van der Waals surface area contributed by atoms with Crippen LogP contribution in [-0.4, -0.2) is 39.7 Å². The Bertz CT molecular complexity index is 958. The van der Waals surface area contributed by atoms with Crippen molar-refractivity contribution in [1.82, 2.24) is 15.2 Å². The van der Waals surface area contributed by atoms with Crippen LogP contribution < -0.4 is 15.5 Å². The molecule has 28 heavy (non-hydrogen) atoms. The number of amides is 1. The van der Waals surface area contributed by atoms with Gasteiger partial charge in [-0.05, 0) is 24.6 Å². The van der Waals surface area contributed by atoms with Crippen LogP contribution in [0.1, 0.15) is 12.5 Å². The number of anilines is 2. The number of ether oxygens (including phenoxy) is 1. The van der Waals surface area contributed by atoms with Gasteiger partial charge in [-0.1, -0.05) is 54.2 Å². The summed E-state index contributed by atoms with van der Waals surface area (Å²) >= 11 is 1.22. The number of methoxy groups -OCH3 is 1. The number of H-pyrrole nitrogens is 1. The molecule has 1 aromatic heterocycles. The molecule has 1 amide bonds. The zero-order valence-electron chi connectivity index (χ0n) is 15.5. The summed E-state index contributed by atoms with van der Waals surface area (Å²) in [4.78, 5) is 16.4. The molecular formula is C19H20N6O2S. The Morgan fingerprint density at radius 1 is 1.18 bits per heavy atom. The molecule has 144 valence electrons. The molecule has 1 heterocycles. The van der Waals surface area contributed by atoms with Gasteiger partial charge in [-0.3, -0.25) is 4.79 Å². The van der Waals surface area contributed by atoms with Crippen LogP contribution in [0.25, 0.3) is 0 Å². The number of carbonyl (C=O) groups excluding carboxylic acids is 1. The van der Waals surface area contributed by atoms with E-state index in [4.69, 9.17) is 4.74 Å². The van der Waals surface area contributed by atoms with Gasteiger partial charge in [-0.15, -0.1) is 5.10 Å². The lowest BCUT2D eigenvalue weighted by Gasteiger charge is -2.08. The Balaban J connectivity index is 1.51. The van der Waals surface area contributed by atoms with E-state index in [0.29, 0.717) is 22.5 Å². The van der Waals surface area contributed by atoms with E-state index in [1.165, 1.54) is 11.8 Å². The number of thioether (sulfide) groups is 1. The predicted octanol–water partition coefficient (Wildman–Crippen LogP) is 3.38. The van der Waals surface area contributed by atoms with Crippen molar-refractivity contribution in [2.45, 2.75) is 12.1 Å². The molecule has 0 spiro atoms. The molecule has 3 aromatic rings. The van der Waals surface area contributed by atoms with Gasteiger partial charge in [0, 0.05) is 0 Å². The van der Waals surface area contributed by atoms with Crippen molar-refractivity contribution in [3.8, 4) is 5.75 Å². The number of aromatic nitrogens is 3. The van der Waals surface area contributed by atoms with Crippen molar-refractivity contribution in [3.05, 3.63) is 60.2 Å². The first-order valence-electron chi connectivity index (χ1n) is 8.49. The minimum absolute atomic E-state index is 0.168. The monoisotopic (exact) mass is 396 g/mol. The number of nitrogens with zero attached hydrogens (tertiary/aromatic N) is 3. The number of hydrogen-bond acceptors (Lipinski definition) is 7. The van der Waals surface area contributed by atoms with Crippen molar-refractivity contribution in [1.29, 1.82) is 0 Å². The van der Waals surface area contributed by atoms with Gasteiger partial charge in [-0.25, -0.2) is 10.5 Å². The number of benzene rings is 2. The van der Waals surface area contributed by atoms with Crippen LogP contribution in [0.2, 0.25) is 0 Å². The molecule has 0 aliphatic rings. The molecule has 0 unspecified atom stereocenters. The summed E-state index contributed by atoms with van der Waals surface area (Å²) in [5, 5.41) is 14.4. The average molecular weight is 396 g/mol. The second-order valence-corrected chi connectivity index (χ2v) is 6.62. The molecule has 8 nitrogen and oxygen atoms in total. The summed E-state index contributed by atoms with van der Waals surface area (Å²) in [6, 6.07) is 17.0. The fraction of sp³-hybridized carbons (Fsp3) is 0.158. The maximum absolute atomic E-state index is 12.1. The highest BCUT2D eigenvalue weighted by Crippen LogP contribution is 2.23. The highest BCUT2D eigenvalue weighted by atomic mass is 32.2. The highest BCUT2D eigenvalue weighted by Gasteiger charge is 2.10. The molecule has 2 aromatic carbocycles. The third-order valence-electron chi connectivity index (χ3n) is 3.70. The normalized spacial score (nSPS) is 11.1. The fourth-order valence-corrected chi connectivity index (χ4v) is 2.90. The molecule has 0 radical (unpaired) electrons. The number of nitrogens with one attached hydrogen (secondary N) is 3. The van der Waals surface area contributed by atoms with E-state index in [1.807, 2.05) is 49.4 Å². The second-order valence-electron chi connectivity index (χ2n) is 5.68. The van der Waals surface area contributed by atoms with Crippen LogP contribution in [0.5, 0.6) is 5.75 Å². The SMILES string of the molecule is COc1ccccc1NC(=O)CSc1n[nH]c(N/N=C(\C)c2ccccc2)n1. The van der Waals surface area contributed by atoms with Crippen molar-refractivity contribution < 1.29 is 9.53 Å². The van der Waals surface area contributed by atoms with E-state index in [2.05, 4.69) is 31.0 Å². The van der Waals surface area contributed by atoms with Crippen LogP contribution in [0, 0.1) is 0 Å². The van der Waals surface area contributed by atoms with Crippen molar-refractivity contribution in [2.75, 3.05) is 23.6 Å². The highest BCUT2D eigenvalue weighted by molar-refractivity contribution is 7.99. The van der Waals surface area contributed by atoms with Gasteiger partial charge in [0.1, 0.15) is 5.75 Å². The minimum Gasteiger partial charge on any atom is -0.495 e. The van der Waals surface area contributed by atoms with Crippen molar-refractivity contribution in [2.24, 2.45) is 5.10 Å². The van der Waals surface area contributed by atoms with Gasteiger partial charge in [0.25, 0.3) is 0 Å².